The predicted octanol–water partition coefficient (Wildman–Crippen LogP) is 1.86. The number of carbonyl (C=O) groups is 2. The van der Waals surface area contributed by atoms with Gasteiger partial charge in [0.1, 0.15) is 5.75 Å². The van der Waals surface area contributed by atoms with Gasteiger partial charge in [-0.3, -0.25) is 20.4 Å². The van der Waals surface area contributed by atoms with E-state index in [0.29, 0.717) is 17.2 Å². The number of hydrogen-bond acceptors (Lipinski definition) is 5. The summed E-state index contributed by atoms with van der Waals surface area (Å²) in [5.41, 5.74) is 5.45. The van der Waals surface area contributed by atoms with E-state index >= 15 is 0 Å². The van der Waals surface area contributed by atoms with Gasteiger partial charge in [0.2, 0.25) is 5.91 Å². The highest BCUT2D eigenvalue weighted by molar-refractivity contribution is 5.85. The standard InChI is InChI=1S/C19H22N2O5/c1-13(26-15-7-5-4-6-8-15)19(23)21-20-18(22)12-14-9-10-16(24-2)17(11-14)25-3/h4-11,13H,12H2,1-3H3,(H,20,22)(H,21,23)/t13-/m1/s1. The molecule has 0 aliphatic rings. The largest absolute Gasteiger partial charge is 0.493 e. The van der Waals surface area contributed by atoms with Gasteiger partial charge < -0.3 is 14.2 Å². The lowest BCUT2D eigenvalue weighted by Crippen LogP contribution is -2.47. The Kier molecular flexibility index (Phi) is 6.84. The summed E-state index contributed by atoms with van der Waals surface area (Å²) in [4.78, 5) is 24.0. The molecule has 0 aromatic heterocycles. The normalized spacial score (nSPS) is 11.2. The number of para-hydroxylation sites is 1. The van der Waals surface area contributed by atoms with E-state index in [0.717, 1.165) is 5.56 Å². The summed E-state index contributed by atoms with van der Waals surface area (Å²) >= 11 is 0. The number of hydrazine groups is 1. The molecule has 0 heterocycles. The fourth-order valence-electron chi connectivity index (χ4n) is 2.21. The van der Waals surface area contributed by atoms with Crippen molar-refractivity contribution in [3.63, 3.8) is 0 Å². The molecule has 0 fully saturated rings. The minimum atomic E-state index is -0.751. The topological polar surface area (TPSA) is 85.9 Å². The van der Waals surface area contributed by atoms with E-state index in [9.17, 15) is 9.59 Å². The van der Waals surface area contributed by atoms with Crippen molar-refractivity contribution in [3.8, 4) is 17.2 Å². The van der Waals surface area contributed by atoms with Gasteiger partial charge in [0, 0.05) is 0 Å². The van der Waals surface area contributed by atoms with Crippen LogP contribution in [0.1, 0.15) is 12.5 Å². The fraction of sp³-hybridized carbons (Fsp3) is 0.263. The lowest BCUT2D eigenvalue weighted by Gasteiger charge is -2.15. The van der Waals surface area contributed by atoms with Crippen LogP contribution in [-0.4, -0.2) is 32.1 Å². The summed E-state index contributed by atoms with van der Waals surface area (Å²) in [5, 5.41) is 0. The van der Waals surface area contributed by atoms with Gasteiger partial charge in [0.15, 0.2) is 17.6 Å². The van der Waals surface area contributed by atoms with E-state index in [1.807, 2.05) is 18.2 Å². The number of methoxy groups -OCH3 is 2. The van der Waals surface area contributed by atoms with Crippen LogP contribution in [0.25, 0.3) is 0 Å². The molecule has 0 unspecified atom stereocenters. The van der Waals surface area contributed by atoms with E-state index in [4.69, 9.17) is 14.2 Å². The molecule has 0 saturated heterocycles. The van der Waals surface area contributed by atoms with Gasteiger partial charge in [-0.2, -0.15) is 0 Å². The lowest BCUT2D eigenvalue weighted by molar-refractivity contribution is -0.132. The second-order valence-electron chi connectivity index (χ2n) is 5.48. The Morgan fingerprint density at radius 3 is 2.31 bits per heavy atom. The van der Waals surface area contributed by atoms with Crippen LogP contribution < -0.4 is 25.1 Å². The second kappa shape index (κ2) is 9.31. The Morgan fingerprint density at radius 2 is 1.65 bits per heavy atom. The number of rotatable bonds is 7. The number of amides is 2. The molecular weight excluding hydrogens is 336 g/mol. The first kappa shape index (κ1) is 19.1. The number of carbonyl (C=O) groups excluding carboxylic acids is 2. The third kappa shape index (κ3) is 5.41. The highest BCUT2D eigenvalue weighted by Crippen LogP contribution is 2.27. The van der Waals surface area contributed by atoms with Gasteiger partial charge in [-0.15, -0.1) is 0 Å². The third-order valence-corrected chi connectivity index (χ3v) is 3.56. The van der Waals surface area contributed by atoms with E-state index in [1.165, 1.54) is 7.11 Å². The zero-order valence-electron chi connectivity index (χ0n) is 14.9. The predicted molar refractivity (Wildman–Crippen MR) is 96.1 cm³/mol. The molecule has 7 heteroatoms. The summed E-state index contributed by atoms with van der Waals surface area (Å²) in [6.45, 7) is 1.60. The van der Waals surface area contributed by atoms with Crippen LogP contribution in [0.15, 0.2) is 48.5 Å². The molecule has 2 aromatic rings. The third-order valence-electron chi connectivity index (χ3n) is 3.56. The van der Waals surface area contributed by atoms with E-state index in [-0.39, 0.29) is 12.3 Å². The van der Waals surface area contributed by atoms with Gasteiger partial charge in [-0.25, -0.2) is 0 Å². The molecule has 0 radical (unpaired) electrons. The Bertz CT molecular complexity index is 749. The Labute approximate surface area is 152 Å². The molecule has 2 aromatic carbocycles. The number of ether oxygens (including phenoxy) is 3. The molecule has 7 nitrogen and oxygen atoms in total. The lowest BCUT2D eigenvalue weighted by atomic mass is 10.1. The van der Waals surface area contributed by atoms with Crippen molar-refractivity contribution in [3.05, 3.63) is 54.1 Å². The SMILES string of the molecule is COc1ccc(CC(=O)NNC(=O)[C@@H](C)Oc2ccccc2)cc1OC. The smallest absolute Gasteiger partial charge is 0.279 e. The summed E-state index contributed by atoms with van der Waals surface area (Å²) in [6, 6.07) is 14.2. The minimum Gasteiger partial charge on any atom is -0.493 e. The molecule has 0 aliphatic heterocycles. The number of hydrogen-bond donors (Lipinski definition) is 2. The van der Waals surface area contributed by atoms with Crippen molar-refractivity contribution >= 4 is 11.8 Å². The van der Waals surface area contributed by atoms with Gasteiger partial charge in [0.05, 0.1) is 20.6 Å². The maximum absolute atomic E-state index is 12.0. The quantitative estimate of drug-likeness (QED) is 0.738. The Hall–Kier alpha value is -3.22. The average Bonchev–Trinajstić information content (AvgIpc) is 2.66. The van der Waals surface area contributed by atoms with Crippen LogP contribution in [0.5, 0.6) is 17.2 Å². The molecule has 138 valence electrons. The summed E-state index contributed by atoms with van der Waals surface area (Å²) < 4.78 is 15.8. The zero-order chi connectivity index (χ0) is 18.9. The van der Waals surface area contributed by atoms with Gasteiger partial charge in [0.25, 0.3) is 5.91 Å². The monoisotopic (exact) mass is 358 g/mol. The van der Waals surface area contributed by atoms with Crippen molar-refractivity contribution < 1.29 is 23.8 Å². The molecule has 2 amide bonds. The van der Waals surface area contributed by atoms with Crippen molar-refractivity contribution in [2.75, 3.05) is 14.2 Å². The fourth-order valence-corrected chi connectivity index (χ4v) is 2.21. The first-order chi connectivity index (χ1) is 12.5. The van der Waals surface area contributed by atoms with Crippen LogP contribution in [0, 0.1) is 0 Å². The molecule has 1 atom stereocenters. The first-order valence-electron chi connectivity index (χ1n) is 8.04. The average molecular weight is 358 g/mol. The summed E-state index contributed by atoms with van der Waals surface area (Å²) in [7, 11) is 3.06. The van der Waals surface area contributed by atoms with Crippen molar-refractivity contribution in [1.82, 2.24) is 10.9 Å². The molecule has 0 aliphatic carbocycles. The van der Waals surface area contributed by atoms with E-state index in [1.54, 1.807) is 44.4 Å². The van der Waals surface area contributed by atoms with Crippen LogP contribution >= 0.6 is 0 Å². The Morgan fingerprint density at radius 1 is 0.962 bits per heavy atom. The molecule has 26 heavy (non-hydrogen) atoms. The van der Waals surface area contributed by atoms with Crippen molar-refractivity contribution in [2.24, 2.45) is 0 Å². The summed E-state index contributed by atoms with van der Waals surface area (Å²) in [6.07, 6.45) is -0.673. The maximum Gasteiger partial charge on any atom is 0.279 e. The molecule has 0 spiro atoms. The Balaban J connectivity index is 1.83. The van der Waals surface area contributed by atoms with Crippen LogP contribution in [0.3, 0.4) is 0 Å². The molecule has 0 saturated carbocycles. The van der Waals surface area contributed by atoms with Gasteiger partial charge in [-0.1, -0.05) is 24.3 Å². The molecular formula is C19H22N2O5. The highest BCUT2D eigenvalue weighted by Gasteiger charge is 2.15. The van der Waals surface area contributed by atoms with Crippen LogP contribution in [0.4, 0.5) is 0 Å². The molecule has 2 N–H and O–H groups in total. The van der Waals surface area contributed by atoms with E-state index in [2.05, 4.69) is 10.9 Å². The first-order valence-corrected chi connectivity index (χ1v) is 8.04. The molecule has 2 rings (SSSR count). The minimum absolute atomic E-state index is 0.0779. The highest BCUT2D eigenvalue weighted by atomic mass is 16.5. The number of nitrogens with one attached hydrogen (secondary N) is 2. The maximum atomic E-state index is 12.0. The second-order valence-corrected chi connectivity index (χ2v) is 5.48. The van der Waals surface area contributed by atoms with Crippen molar-refractivity contribution in [1.29, 1.82) is 0 Å². The van der Waals surface area contributed by atoms with Crippen LogP contribution in [0.2, 0.25) is 0 Å². The van der Waals surface area contributed by atoms with Gasteiger partial charge in [-0.05, 0) is 36.8 Å². The van der Waals surface area contributed by atoms with Crippen molar-refractivity contribution in [2.45, 2.75) is 19.4 Å². The van der Waals surface area contributed by atoms with Gasteiger partial charge >= 0.3 is 0 Å². The van der Waals surface area contributed by atoms with Crippen LogP contribution in [-0.2, 0) is 16.0 Å². The molecule has 0 bridgehead atoms. The van der Waals surface area contributed by atoms with E-state index < -0.39 is 12.0 Å². The summed E-state index contributed by atoms with van der Waals surface area (Å²) in [5.74, 6) is 0.877. The number of benzene rings is 2. The zero-order valence-corrected chi connectivity index (χ0v) is 14.9.